The Morgan fingerprint density at radius 3 is 2.71 bits per heavy atom. The first-order valence-electron chi connectivity index (χ1n) is 9.11. The minimum absolute atomic E-state index is 0.0297. The fourth-order valence-electron chi connectivity index (χ4n) is 3.56. The predicted octanol–water partition coefficient (Wildman–Crippen LogP) is 2.82. The van der Waals surface area contributed by atoms with Crippen LogP contribution in [0.25, 0.3) is 10.1 Å². The molecule has 2 amide bonds. The number of hydrogen-bond donors (Lipinski definition) is 1. The average molecular weight is 418 g/mol. The van der Waals surface area contributed by atoms with Crippen molar-refractivity contribution in [1.82, 2.24) is 25.0 Å². The smallest absolute Gasteiger partial charge is 0.263 e. The van der Waals surface area contributed by atoms with Gasteiger partial charge in [-0.25, -0.2) is 0 Å². The lowest BCUT2D eigenvalue weighted by molar-refractivity contribution is -0.131. The number of nitrogens with one attached hydrogen (secondary N) is 1. The average Bonchev–Trinajstić information content (AvgIpc) is 3.29. The molecule has 1 fully saturated rings. The molecule has 1 N–H and O–H groups in total. The van der Waals surface area contributed by atoms with Crippen LogP contribution in [0, 0.1) is 0 Å². The minimum atomic E-state index is -0.312. The van der Waals surface area contributed by atoms with E-state index in [4.69, 9.17) is 11.6 Å². The Balaban J connectivity index is 1.32. The van der Waals surface area contributed by atoms with E-state index in [1.165, 1.54) is 11.3 Å². The highest BCUT2D eigenvalue weighted by molar-refractivity contribution is 7.21. The molecule has 0 saturated carbocycles. The second-order valence-corrected chi connectivity index (χ2v) is 8.31. The monoisotopic (exact) mass is 417 g/mol. The van der Waals surface area contributed by atoms with E-state index in [2.05, 4.69) is 15.5 Å². The molecule has 0 unspecified atom stereocenters. The summed E-state index contributed by atoms with van der Waals surface area (Å²) >= 11 is 7.67. The van der Waals surface area contributed by atoms with Gasteiger partial charge in [0, 0.05) is 36.1 Å². The van der Waals surface area contributed by atoms with Gasteiger partial charge in [0.05, 0.1) is 11.6 Å². The number of amides is 2. The normalized spacial score (nSPS) is 15.1. The number of halogens is 1. The minimum Gasteiger partial charge on any atom is -0.342 e. The number of aryl methyl sites for hydroxylation is 1. The summed E-state index contributed by atoms with van der Waals surface area (Å²) in [5.41, 5.74) is 0. The number of likely N-dealkylation sites (tertiary alicyclic amines) is 1. The number of thiophene rings is 1. The van der Waals surface area contributed by atoms with Crippen LogP contribution < -0.4 is 5.32 Å². The summed E-state index contributed by atoms with van der Waals surface area (Å²) in [5.74, 6) is 0.874. The van der Waals surface area contributed by atoms with Crippen molar-refractivity contribution in [3.8, 4) is 0 Å². The van der Waals surface area contributed by atoms with Crippen molar-refractivity contribution in [1.29, 1.82) is 0 Å². The molecule has 7 nitrogen and oxygen atoms in total. The van der Waals surface area contributed by atoms with Crippen molar-refractivity contribution in [2.75, 3.05) is 19.6 Å². The van der Waals surface area contributed by atoms with E-state index in [9.17, 15) is 9.59 Å². The number of hydrogen-bond acceptors (Lipinski definition) is 5. The second kappa shape index (κ2) is 7.89. The summed E-state index contributed by atoms with van der Waals surface area (Å²) in [7, 11) is 1.93. The lowest BCUT2D eigenvalue weighted by Crippen LogP contribution is -2.43. The van der Waals surface area contributed by atoms with Crippen LogP contribution in [-0.2, 0) is 11.8 Å². The number of benzene rings is 1. The molecule has 2 aromatic heterocycles. The number of piperidine rings is 1. The summed E-state index contributed by atoms with van der Waals surface area (Å²) < 4.78 is 2.88. The number of nitrogens with zero attached hydrogens (tertiary/aromatic N) is 4. The maximum absolute atomic E-state index is 12.5. The highest BCUT2D eigenvalue weighted by atomic mass is 35.5. The summed E-state index contributed by atoms with van der Waals surface area (Å²) in [6, 6.07) is 7.61. The molecule has 1 aromatic carbocycles. The van der Waals surface area contributed by atoms with Crippen molar-refractivity contribution >= 4 is 44.8 Å². The van der Waals surface area contributed by atoms with E-state index in [0.717, 1.165) is 28.8 Å². The zero-order valence-electron chi connectivity index (χ0n) is 15.4. The number of fused-ring (bicyclic) bond motifs is 1. The first kappa shape index (κ1) is 18.9. The molecule has 1 aliphatic rings. The molecule has 1 saturated heterocycles. The Morgan fingerprint density at radius 2 is 2.04 bits per heavy atom. The molecule has 28 heavy (non-hydrogen) atoms. The van der Waals surface area contributed by atoms with Gasteiger partial charge in [0.2, 0.25) is 5.91 Å². The molecule has 3 heterocycles. The molecule has 0 radical (unpaired) electrons. The Hall–Kier alpha value is -2.45. The third-order valence-corrected chi connectivity index (χ3v) is 6.77. The molecule has 4 rings (SSSR count). The standard InChI is InChI=1S/C19H20ClN5O2S/c1-24-11-22-23-18(24)12-6-8-25(9-7-12)15(26)10-21-19(27)17-16(20)13-4-2-3-5-14(13)28-17/h2-5,11-12H,6-10H2,1H3,(H,21,27). The van der Waals surface area contributed by atoms with E-state index in [0.29, 0.717) is 28.9 Å². The van der Waals surface area contributed by atoms with Gasteiger partial charge in [-0.2, -0.15) is 0 Å². The SMILES string of the molecule is Cn1cnnc1C1CCN(C(=O)CNC(=O)c2sc3ccccc3c2Cl)CC1. The summed E-state index contributed by atoms with van der Waals surface area (Å²) in [6.45, 7) is 1.27. The fourth-order valence-corrected chi connectivity index (χ4v) is 4.99. The molecule has 1 aliphatic heterocycles. The predicted molar refractivity (Wildman–Crippen MR) is 109 cm³/mol. The van der Waals surface area contributed by atoms with Crippen LogP contribution in [0.4, 0.5) is 0 Å². The topological polar surface area (TPSA) is 80.1 Å². The molecule has 0 spiro atoms. The van der Waals surface area contributed by atoms with Gasteiger partial charge in [0.15, 0.2) is 0 Å². The highest BCUT2D eigenvalue weighted by Gasteiger charge is 2.27. The summed E-state index contributed by atoms with van der Waals surface area (Å²) in [4.78, 5) is 27.2. The quantitative estimate of drug-likeness (QED) is 0.707. The van der Waals surface area contributed by atoms with Gasteiger partial charge >= 0.3 is 0 Å². The Kier molecular flexibility index (Phi) is 5.32. The molecule has 0 bridgehead atoms. The third-order valence-electron chi connectivity index (χ3n) is 5.10. The zero-order valence-corrected chi connectivity index (χ0v) is 17.0. The van der Waals surface area contributed by atoms with Crippen molar-refractivity contribution in [3.63, 3.8) is 0 Å². The fraction of sp³-hybridized carbons (Fsp3) is 0.368. The van der Waals surface area contributed by atoms with Crippen LogP contribution in [-0.4, -0.2) is 51.1 Å². The van der Waals surface area contributed by atoms with Gasteiger partial charge in [0.25, 0.3) is 5.91 Å². The van der Waals surface area contributed by atoms with E-state index in [1.807, 2.05) is 35.9 Å². The van der Waals surface area contributed by atoms with Crippen LogP contribution in [0.1, 0.15) is 34.3 Å². The van der Waals surface area contributed by atoms with Gasteiger partial charge in [0.1, 0.15) is 17.0 Å². The summed E-state index contributed by atoms with van der Waals surface area (Å²) in [5, 5.41) is 12.1. The Bertz CT molecular complexity index is 1020. The van der Waals surface area contributed by atoms with Crippen LogP contribution in [0.2, 0.25) is 5.02 Å². The van der Waals surface area contributed by atoms with Crippen molar-refractivity contribution in [2.24, 2.45) is 7.05 Å². The lowest BCUT2D eigenvalue weighted by Gasteiger charge is -2.31. The maximum Gasteiger partial charge on any atom is 0.263 e. The maximum atomic E-state index is 12.5. The van der Waals surface area contributed by atoms with Crippen LogP contribution in [0.15, 0.2) is 30.6 Å². The third kappa shape index (κ3) is 3.62. The molecule has 9 heteroatoms. The molecule has 146 valence electrons. The highest BCUT2D eigenvalue weighted by Crippen LogP contribution is 2.35. The molecular formula is C19H20ClN5O2S. The first-order valence-corrected chi connectivity index (χ1v) is 10.3. The van der Waals surface area contributed by atoms with Gasteiger partial charge < -0.3 is 14.8 Å². The second-order valence-electron chi connectivity index (χ2n) is 6.88. The molecule has 0 aliphatic carbocycles. The first-order chi connectivity index (χ1) is 13.5. The van der Waals surface area contributed by atoms with Crippen LogP contribution in [0.3, 0.4) is 0 Å². The van der Waals surface area contributed by atoms with Gasteiger partial charge in [-0.15, -0.1) is 21.5 Å². The molecular weight excluding hydrogens is 398 g/mol. The van der Waals surface area contributed by atoms with Gasteiger partial charge in [-0.1, -0.05) is 29.8 Å². The largest absolute Gasteiger partial charge is 0.342 e. The Morgan fingerprint density at radius 1 is 1.29 bits per heavy atom. The van der Waals surface area contributed by atoms with Crippen LogP contribution in [0.5, 0.6) is 0 Å². The molecule has 3 aromatic rings. The van der Waals surface area contributed by atoms with E-state index in [1.54, 1.807) is 11.2 Å². The van der Waals surface area contributed by atoms with Crippen LogP contribution >= 0.6 is 22.9 Å². The van der Waals surface area contributed by atoms with Crippen molar-refractivity contribution < 1.29 is 9.59 Å². The van der Waals surface area contributed by atoms with Crippen molar-refractivity contribution in [2.45, 2.75) is 18.8 Å². The van der Waals surface area contributed by atoms with E-state index >= 15 is 0 Å². The number of aromatic nitrogens is 3. The van der Waals surface area contributed by atoms with Crippen molar-refractivity contribution in [3.05, 3.63) is 46.3 Å². The van der Waals surface area contributed by atoms with Gasteiger partial charge in [-0.05, 0) is 18.9 Å². The summed E-state index contributed by atoms with van der Waals surface area (Å²) in [6.07, 6.45) is 3.38. The Labute approximate surface area is 171 Å². The number of carbonyl (C=O) groups excluding carboxylic acids is 2. The zero-order chi connectivity index (χ0) is 19.7. The number of rotatable bonds is 4. The lowest BCUT2D eigenvalue weighted by atomic mass is 9.96. The van der Waals surface area contributed by atoms with E-state index < -0.39 is 0 Å². The van der Waals surface area contributed by atoms with Gasteiger partial charge in [-0.3, -0.25) is 9.59 Å². The van der Waals surface area contributed by atoms with E-state index in [-0.39, 0.29) is 18.4 Å². The molecule has 0 atom stereocenters. The number of carbonyl (C=O) groups is 2.